The Morgan fingerprint density at radius 1 is 0.742 bits per heavy atom. The second-order valence-electron chi connectivity index (χ2n) is 9.09. The zero-order valence-electron chi connectivity index (χ0n) is 20.1. The van der Waals surface area contributed by atoms with E-state index in [0.717, 1.165) is 12.8 Å². The average Bonchev–Trinajstić information content (AvgIpc) is 2.78. The van der Waals surface area contributed by atoms with Gasteiger partial charge >= 0.3 is 0 Å². The van der Waals surface area contributed by atoms with Gasteiger partial charge in [-0.2, -0.15) is 0 Å². The summed E-state index contributed by atoms with van der Waals surface area (Å²) in [5.41, 5.74) is 0. The lowest BCUT2D eigenvalue weighted by Gasteiger charge is -2.36. The first-order valence-corrected chi connectivity index (χ1v) is 13.1. The Kier molecular flexibility index (Phi) is 18.6. The van der Waals surface area contributed by atoms with Crippen LogP contribution in [0.4, 0.5) is 0 Å². The summed E-state index contributed by atoms with van der Waals surface area (Å²) in [6, 6.07) is 0. The van der Waals surface area contributed by atoms with E-state index >= 15 is 0 Å². The highest BCUT2D eigenvalue weighted by Crippen LogP contribution is 2.18. The fourth-order valence-electron chi connectivity index (χ4n) is 4.14. The van der Waals surface area contributed by atoms with E-state index in [2.05, 4.69) is 19.1 Å². The molecule has 4 atom stereocenters. The standard InChI is InChI=1S/C26H50O5/c1-2-3-4-5-6-7-8-9-10-11-12-13-14-15-16-17-18-19-20-30-24-22-31-23(21-27)25(28)26(24)29/h17-18,23-29H,2-16,19-22H2,1H3/b18-17+/t23-,24+,25-,26-/m1/s1. The molecule has 0 bridgehead atoms. The van der Waals surface area contributed by atoms with E-state index in [1.165, 1.54) is 89.9 Å². The van der Waals surface area contributed by atoms with Crippen LogP contribution in [-0.4, -0.2) is 59.6 Å². The molecule has 1 rings (SSSR count). The fraction of sp³-hybridized carbons (Fsp3) is 0.923. The average molecular weight is 443 g/mol. The molecule has 0 unspecified atom stereocenters. The third-order valence-electron chi connectivity index (χ3n) is 6.27. The van der Waals surface area contributed by atoms with Gasteiger partial charge in [-0.3, -0.25) is 0 Å². The van der Waals surface area contributed by atoms with Crippen LogP contribution in [0.1, 0.15) is 110 Å². The molecule has 0 spiro atoms. The topological polar surface area (TPSA) is 79.2 Å². The highest BCUT2D eigenvalue weighted by atomic mass is 16.6. The number of unbranched alkanes of at least 4 members (excludes halogenated alkanes) is 14. The molecule has 1 heterocycles. The van der Waals surface area contributed by atoms with Gasteiger partial charge in [-0.1, -0.05) is 103 Å². The van der Waals surface area contributed by atoms with E-state index in [0.29, 0.717) is 6.61 Å². The molecule has 1 aliphatic rings. The number of allylic oxidation sites excluding steroid dienone is 1. The molecule has 31 heavy (non-hydrogen) atoms. The summed E-state index contributed by atoms with van der Waals surface area (Å²) in [6.45, 7) is 2.68. The summed E-state index contributed by atoms with van der Waals surface area (Å²) in [5.74, 6) is 0. The molecule has 5 heteroatoms. The summed E-state index contributed by atoms with van der Waals surface area (Å²) < 4.78 is 10.9. The Morgan fingerprint density at radius 3 is 1.81 bits per heavy atom. The summed E-state index contributed by atoms with van der Waals surface area (Å²) in [4.78, 5) is 0. The van der Waals surface area contributed by atoms with Crippen LogP contribution in [-0.2, 0) is 9.47 Å². The monoisotopic (exact) mass is 442 g/mol. The summed E-state index contributed by atoms with van der Waals surface area (Å²) in [5, 5.41) is 28.9. The number of hydrogen-bond acceptors (Lipinski definition) is 5. The summed E-state index contributed by atoms with van der Waals surface area (Å²) in [6.07, 6.45) is 22.3. The lowest BCUT2D eigenvalue weighted by atomic mass is 10.0. The number of aliphatic hydroxyl groups excluding tert-OH is 3. The Hall–Kier alpha value is -0.460. The third kappa shape index (κ3) is 14.3. The van der Waals surface area contributed by atoms with Crippen molar-refractivity contribution in [2.24, 2.45) is 0 Å². The van der Waals surface area contributed by atoms with Crippen molar-refractivity contribution >= 4 is 0 Å². The van der Waals surface area contributed by atoms with Crippen LogP contribution in [0, 0.1) is 0 Å². The number of rotatable bonds is 20. The van der Waals surface area contributed by atoms with Crippen LogP contribution in [0.15, 0.2) is 12.2 Å². The Labute approximate surface area is 191 Å². The molecule has 1 fully saturated rings. The van der Waals surface area contributed by atoms with Gasteiger partial charge in [0.1, 0.15) is 24.4 Å². The minimum atomic E-state index is -1.10. The van der Waals surface area contributed by atoms with Crippen molar-refractivity contribution in [3.05, 3.63) is 12.2 Å². The zero-order valence-corrected chi connectivity index (χ0v) is 20.1. The highest BCUT2D eigenvalue weighted by Gasteiger charge is 2.38. The first-order valence-electron chi connectivity index (χ1n) is 13.1. The van der Waals surface area contributed by atoms with Gasteiger partial charge in [0.15, 0.2) is 0 Å². The summed E-state index contributed by atoms with van der Waals surface area (Å²) in [7, 11) is 0. The molecule has 5 nitrogen and oxygen atoms in total. The molecule has 0 aromatic heterocycles. The third-order valence-corrected chi connectivity index (χ3v) is 6.27. The first kappa shape index (κ1) is 28.6. The molecule has 0 radical (unpaired) electrons. The van der Waals surface area contributed by atoms with Gasteiger partial charge in [-0.25, -0.2) is 0 Å². The van der Waals surface area contributed by atoms with Crippen molar-refractivity contribution in [3.63, 3.8) is 0 Å². The van der Waals surface area contributed by atoms with Crippen molar-refractivity contribution in [1.82, 2.24) is 0 Å². The lowest BCUT2D eigenvalue weighted by Crippen LogP contribution is -2.55. The molecule has 0 aromatic carbocycles. The zero-order chi connectivity index (χ0) is 22.6. The van der Waals surface area contributed by atoms with E-state index in [4.69, 9.17) is 14.6 Å². The molecule has 0 aliphatic carbocycles. The van der Waals surface area contributed by atoms with Crippen LogP contribution in [0.3, 0.4) is 0 Å². The highest BCUT2D eigenvalue weighted by molar-refractivity contribution is 4.88. The van der Waals surface area contributed by atoms with E-state index in [1.807, 2.05) is 0 Å². The number of ether oxygens (including phenoxy) is 2. The fourth-order valence-corrected chi connectivity index (χ4v) is 4.14. The van der Waals surface area contributed by atoms with Crippen molar-refractivity contribution in [1.29, 1.82) is 0 Å². The van der Waals surface area contributed by atoms with E-state index in [9.17, 15) is 10.2 Å². The van der Waals surface area contributed by atoms with Crippen molar-refractivity contribution in [2.45, 2.75) is 134 Å². The minimum absolute atomic E-state index is 0.201. The van der Waals surface area contributed by atoms with Crippen LogP contribution in [0.2, 0.25) is 0 Å². The van der Waals surface area contributed by atoms with Gasteiger partial charge in [0.25, 0.3) is 0 Å². The molecule has 0 saturated carbocycles. The van der Waals surface area contributed by atoms with E-state index in [-0.39, 0.29) is 13.2 Å². The molecular weight excluding hydrogens is 392 g/mol. The Bertz CT molecular complexity index is 415. The van der Waals surface area contributed by atoms with Crippen molar-refractivity contribution < 1.29 is 24.8 Å². The van der Waals surface area contributed by atoms with Gasteiger partial charge in [-0.05, 0) is 19.3 Å². The molecule has 184 valence electrons. The van der Waals surface area contributed by atoms with Gasteiger partial charge < -0.3 is 24.8 Å². The number of aliphatic hydroxyl groups is 3. The summed E-state index contributed by atoms with van der Waals surface area (Å²) >= 11 is 0. The van der Waals surface area contributed by atoms with Crippen LogP contribution in [0.25, 0.3) is 0 Å². The second-order valence-corrected chi connectivity index (χ2v) is 9.09. The molecule has 0 aromatic rings. The Balaban J connectivity index is 1.82. The minimum Gasteiger partial charge on any atom is -0.394 e. The lowest BCUT2D eigenvalue weighted by molar-refractivity contribution is -0.208. The van der Waals surface area contributed by atoms with E-state index < -0.39 is 24.4 Å². The number of hydrogen-bond donors (Lipinski definition) is 3. The SMILES string of the molecule is CCCCCCCCCCCCCCCC/C=C/CCO[C@H]1CO[C@H](CO)[C@@H](O)[C@@H]1O. The van der Waals surface area contributed by atoms with Crippen LogP contribution < -0.4 is 0 Å². The van der Waals surface area contributed by atoms with Gasteiger partial charge in [0, 0.05) is 0 Å². The quantitative estimate of drug-likeness (QED) is 0.176. The van der Waals surface area contributed by atoms with Gasteiger partial charge in [-0.15, -0.1) is 0 Å². The van der Waals surface area contributed by atoms with Crippen molar-refractivity contribution in [2.75, 3.05) is 19.8 Å². The molecular formula is C26H50O5. The smallest absolute Gasteiger partial charge is 0.111 e. The molecule has 1 saturated heterocycles. The largest absolute Gasteiger partial charge is 0.394 e. The molecule has 3 N–H and O–H groups in total. The van der Waals surface area contributed by atoms with Gasteiger partial charge in [0.2, 0.25) is 0 Å². The second kappa shape index (κ2) is 20.2. The van der Waals surface area contributed by atoms with Crippen molar-refractivity contribution in [3.8, 4) is 0 Å². The normalized spacial score (nSPS) is 24.3. The molecule has 0 amide bonds. The van der Waals surface area contributed by atoms with Crippen LogP contribution in [0.5, 0.6) is 0 Å². The van der Waals surface area contributed by atoms with E-state index in [1.54, 1.807) is 0 Å². The molecule has 1 aliphatic heterocycles. The predicted octanol–water partition coefficient (Wildman–Crippen LogP) is 5.30. The van der Waals surface area contributed by atoms with Crippen LogP contribution >= 0.6 is 0 Å². The maximum atomic E-state index is 10.0. The first-order chi connectivity index (χ1) is 15.2. The predicted molar refractivity (Wildman–Crippen MR) is 127 cm³/mol. The van der Waals surface area contributed by atoms with Gasteiger partial charge in [0.05, 0.1) is 19.8 Å². The maximum Gasteiger partial charge on any atom is 0.111 e. The maximum absolute atomic E-state index is 10.0. The Morgan fingerprint density at radius 2 is 1.26 bits per heavy atom.